The molecule has 25 heavy (non-hydrogen) atoms. The Morgan fingerprint density at radius 2 is 1.84 bits per heavy atom. The normalized spacial score (nSPS) is 20.2. The first-order valence-corrected chi connectivity index (χ1v) is 8.87. The summed E-state index contributed by atoms with van der Waals surface area (Å²) in [5, 5.41) is 9.13. The number of benzene rings is 1. The second-order valence-corrected chi connectivity index (χ2v) is 6.41. The van der Waals surface area contributed by atoms with Gasteiger partial charge in [0.05, 0.1) is 19.1 Å². The van der Waals surface area contributed by atoms with Crippen molar-refractivity contribution in [3.05, 3.63) is 24.3 Å². The lowest BCUT2D eigenvalue weighted by Gasteiger charge is -2.35. The highest BCUT2D eigenvalue weighted by Gasteiger charge is 2.32. The summed E-state index contributed by atoms with van der Waals surface area (Å²) in [4.78, 5) is 25.1. The average Bonchev–Trinajstić information content (AvgIpc) is 2.59. The quantitative estimate of drug-likeness (QED) is 0.730. The third kappa shape index (κ3) is 5.66. The maximum Gasteiger partial charge on any atom is 0.306 e. The zero-order valence-corrected chi connectivity index (χ0v) is 14.9. The van der Waals surface area contributed by atoms with Gasteiger partial charge in [0.25, 0.3) is 0 Å². The molecule has 0 spiro atoms. The highest BCUT2D eigenvalue weighted by atomic mass is 16.5. The number of rotatable bonds is 8. The molecule has 1 fully saturated rings. The first kappa shape index (κ1) is 19.1. The van der Waals surface area contributed by atoms with Crippen LogP contribution < -0.4 is 9.47 Å². The molecule has 2 unspecified atom stereocenters. The lowest BCUT2D eigenvalue weighted by Crippen LogP contribution is -2.45. The zero-order chi connectivity index (χ0) is 18.2. The van der Waals surface area contributed by atoms with Gasteiger partial charge in [-0.05, 0) is 49.9 Å². The molecule has 0 radical (unpaired) electrons. The van der Waals surface area contributed by atoms with Crippen molar-refractivity contribution < 1.29 is 24.2 Å². The number of hydrogen-bond donors (Lipinski definition) is 1. The molecule has 2 rings (SSSR count). The minimum atomic E-state index is -0.761. The molecular formula is C19H27NO5. The molecule has 0 bridgehead atoms. The number of aliphatic carboxylic acids is 1. The summed E-state index contributed by atoms with van der Waals surface area (Å²) in [6.07, 6.45) is 1.59. The Bertz CT molecular complexity index is 572. The molecule has 6 nitrogen and oxygen atoms in total. The second-order valence-electron chi connectivity index (χ2n) is 6.41. The highest BCUT2D eigenvalue weighted by molar-refractivity contribution is 5.77. The molecule has 1 aliphatic rings. The van der Waals surface area contributed by atoms with Gasteiger partial charge in [0.2, 0.25) is 5.91 Å². The van der Waals surface area contributed by atoms with Crippen LogP contribution in [-0.4, -0.2) is 48.2 Å². The van der Waals surface area contributed by atoms with Gasteiger partial charge < -0.3 is 19.5 Å². The molecular weight excluding hydrogens is 322 g/mol. The van der Waals surface area contributed by atoms with E-state index >= 15 is 0 Å². The van der Waals surface area contributed by atoms with Crippen molar-refractivity contribution in [3.63, 3.8) is 0 Å². The molecule has 0 aliphatic carbocycles. The molecule has 0 aromatic heterocycles. The minimum absolute atomic E-state index is 0.00435. The number of piperidine rings is 1. The van der Waals surface area contributed by atoms with E-state index in [1.54, 1.807) is 4.90 Å². The maximum atomic E-state index is 12.3. The van der Waals surface area contributed by atoms with Gasteiger partial charge in [-0.15, -0.1) is 0 Å². The van der Waals surface area contributed by atoms with Gasteiger partial charge in [0.15, 0.2) is 0 Å². The first-order chi connectivity index (χ1) is 12.0. The van der Waals surface area contributed by atoms with E-state index in [9.17, 15) is 9.59 Å². The third-order valence-corrected chi connectivity index (χ3v) is 4.51. The molecule has 6 heteroatoms. The molecule has 0 saturated carbocycles. The number of carbonyl (C=O) groups is 2. The predicted octanol–water partition coefficient (Wildman–Crippen LogP) is 2.81. The van der Waals surface area contributed by atoms with Crippen molar-refractivity contribution in [1.82, 2.24) is 4.90 Å². The van der Waals surface area contributed by atoms with E-state index in [4.69, 9.17) is 14.6 Å². The Labute approximate surface area is 148 Å². The summed E-state index contributed by atoms with van der Waals surface area (Å²) in [5.41, 5.74) is 0. The lowest BCUT2D eigenvalue weighted by molar-refractivity contribution is -0.148. The van der Waals surface area contributed by atoms with Crippen LogP contribution in [0.1, 0.15) is 33.1 Å². The van der Waals surface area contributed by atoms with Crippen LogP contribution in [0.25, 0.3) is 0 Å². The van der Waals surface area contributed by atoms with Crippen molar-refractivity contribution in [1.29, 1.82) is 0 Å². The SMILES string of the molecule is CCOc1ccc(OCCCC(=O)N2CCC(C(=O)O)C(C)C2)cc1. The molecule has 1 aromatic rings. The second kappa shape index (κ2) is 9.30. The smallest absolute Gasteiger partial charge is 0.306 e. The number of hydrogen-bond acceptors (Lipinski definition) is 4. The van der Waals surface area contributed by atoms with Crippen LogP contribution in [-0.2, 0) is 9.59 Å². The summed E-state index contributed by atoms with van der Waals surface area (Å²) in [6, 6.07) is 7.42. The van der Waals surface area contributed by atoms with Gasteiger partial charge in [-0.2, -0.15) is 0 Å². The standard InChI is InChI=1S/C19H27NO5/c1-3-24-15-6-8-16(9-7-15)25-12-4-5-18(21)20-11-10-17(19(22)23)14(2)13-20/h6-9,14,17H,3-5,10-13H2,1-2H3,(H,22,23). The minimum Gasteiger partial charge on any atom is -0.494 e. The molecule has 1 saturated heterocycles. The maximum absolute atomic E-state index is 12.3. The van der Waals surface area contributed by atoms with Crippen LogP contribution in [0.3, 0.4) is 0 Å². The van der Waals surface area contributed by atoms with E-state index in [0.717, 1.165) is 11.5 Å². The van der Waals surface area contributed by atoms with Gasteiger partial charge in [-0.3, -0.25) is 9.59 Å². The van der Waals surface area contributed by atoms with Crippen molar-refractivity contribution in [2.24, 2.45) is 11.8 Å². The number of carbonyl (C=O) groups excluding carboxylic acids is 1. The number of nitrogens with zero attached hydrogens (tertiary/aromatic N) is 1. The van der Waals surface area contributed by atoms with Gasteiger partial charge in [0.1, 0.15) is 11.5 Å². The van der Waals surface area contributed by atoms with E-state index in [-0.39, 0.29) is 17.7 Å². The third-order valence-electron chi connectivity index (χ3n) is 4.51. The largest absolute Gasteiger partial charge is 0.494 e. The highest BCUT2D eigenvalue weighted by Crippen LogP contribution is 2.24. The Balaban J connectivity index is 1.68. The fraction of sp³-hybridized carbons (Fsp3) is 0.579. The zero-order valence-electron chi connectivity index (χ0n) is 14.9. The Morgan fingerprint density at radius 3 is 2.40 bits per heavy atom. The summed E-state index contributed by atoms with van der Waals surface area (Å²) in [5.74, 6) is 0.535. The van der Waals surface area contributed by atoms with Crippen LogP contribution in [0.15, 0.2) is 24.3 Å². The van der Waals surface area contributed by atoms with E-state index in [1.165, 1.54) is 0 Å². The van der Waals surface area contributed by atoms with E-state index in [1.807, 2.05) is 38.1 Å². The summed E-state index contributed by atoms with van der Waals surface area (Å²) < 4.78 is 11.0. The topological polar surface area (TPSA) is 76.1 Å². The fourth-order valence-electron chi connectivity index (χ4n) is 3.11. The molecule has 138 valence electrons. The van der Waals surface area contributed by atoms with Gasteiger partial charge in [-0.1, -0.05) is 6.92 Å². The molecule has 2 atom stereocenters. The van der Waals surface area contributed by atoms with Crippen LogP contribution in [0, 0.1) is 11.8 Å². The molecule has 1 aromatic carbocycles. The van der Waals surface area contributed by atoms with Crippen LogP contribution in [0.2, 0.25) is 0 Å². The fourth-order valence-corrected chi connectivity index (χ4v) is 3.11. The number of ether oxygens (including phenoxy) is 2. The van der Waals surface area contributed by atoms with Crippen molar-refractivity contribution >= 4 is 11.9 Å². The number of carboxylic acids is 1. The van der Waals surface area contributed by atoms with Crippen molar-refractivity contribution in [2.45, 2.75) is 33.1 Å². The molecule has 1 amide bonds. The van der Waals surface area contributed by atoms with Crippen molar-refractivity contribution in [3.8, 4) is 11.5 Å². The van der Waals surface area contributed by atoms with Crippen LogP contribution >= 0.6 is 0 Å². The molecule has 1 N–H and O–H groups in total. The predicted molar refractivity (Wildman–Crippen MR) is 93.8 cm³/mol. The van der Waals surface area contributed by atoms with Crippen LogP contribution in [0.5, 0.6) is 11.5 Å². The Morgan fingerprint density at radius 1 is 1.20 bits per heavy atom. The van der Waals surface area contributed by atoms with Gasteiger partial charge >= 0.3 is 5.97 Å². The summed E-state index contributed by atoms with van der Waals surface area (Å²) in [7, 11) is 0. The monoisotopic (exact) mass is 349 g/mol. The number of likely N-dealkylation sites (tertiary alicyclic amines) is 1. The number of carboxylic acid groups (broad SMARTS) is 1. The van der Waals surface area contributed by atoms with Gasteiger partial charge in [-0.25, -0.2) is 0 Å². The summed E-state index contributed by atoms with van der Waals surface area (Å²) in [6.45, 7) is 5.99. The summed E-state index contributed by atoms with van der Waals surface area (Å²) >= 11 is 0. The number of amides is 1. The van der Waals surface area contributed by atoms with E-state index in [2.05, 4.69) is 0 Å². The Kier molecular flexibility index (Phi) is 7.10. The van der Waals surface area contributed by atoms with E-state index in [0.29, 0.717) is 45.6 Å². The van der Waals surface area contributed by atoms with Crippen molar-refractivity contribution in [2.75, 3.05) is 26.3 Å². The van der Waals surface area contributed by atoms with Crippen LogP contribution in [0.4, 0.5) is 0 Å². The van der Waals surface area contributed by atoms with E-state index < -0.39 is 5.97 Å². The Hall–Kier alpha value is -2.24. The van der Waals surface area contributed by atoms with Gasteiger partial charge in [0, 0.05) is 19.5 Å². The lowest BCUT2D eigenvalue weighted by atomic mass is 9.87. The molecule has 1 heterocycles. The average molecular weight is 349 g/mol. The first-order valence-electron chi connectivity index (χ1n) is 8.87. The molecule has 1 aliphatic heterocycles.